The summed E-state index contributed by atoms with van der Waals surface area (Å²) >= 11 is 0. The van der Waals surface area contributed by atoms with Gasteiger partial charge in [-0.2, -0.15) is 0 Å². The summed E-state index contributed by atoms with van der Waals surface area (Å²) in [6, 6.07) is 0. The van der Waals surface area contributed by atoms with Crippen LogP contribution in [0.1, 0.15) is 33.6 Å². The van der Waals surface area contributed by atoms with Crippen LogP contribution in [0.25, 0.3) is 0 Å². The van der Waals surface area contributed by atoms with Gasteiger partial charge in [0.15, 0.2) is 6.23 Å². The molecule has 2 saturated heterocycles. The smallest absolute Gasteiger partial charge is 0.310 e. The molecule has 24 heavy (non-hydrogen) atoms. The molecule has 1 N–H and O–H groups in total. The Balaban J connectivity index is 1.74. The second kappa shape index (κ2) is 5.18. The Kier molecular flexibility index (Phi) is 3.63. The van der Waals surface area contributed by atoms with Gasteiger partial charge in [-0.25, -0.2) is 0 Å². The van der Waals surface area contributed by atoms with E-state index in [1.807, 2.05) is 0 Å². The molecule has 2 bridgehead atoms. The Morgan fingerprint density at radius 2 is 1.96 bits per heavy atom. The van der Waals surface area contributed by atoms with Crippen molar-refractivity contribution in [3.05, 3.63) is 0 Å². The maximum absolute atomic E-state index is 12.6. The van der Waals surface area contributed by atoms with Crippen molar-refractivity contribution < 1.29 is 23.9 Å². The van der Waals surface area contributed by atoms with Gasteiger partial charge >= 0.3 is 5.97 Å². The van der Waals surface area contributed by atoms with Gasteiger partial charge < -0.3 is 19.1 Å². The highest BCUT2D eigenvalue weighted by molar-refractivity contribution is 5.77. The first-order valence-electron chi connectivity index (χ1n) is 9.53. The van der Waals surface area contributed by atoms with Crippen LogP contribution in [0.2, 0.25) is 0 Å². The number of carbonyl (C=O) groups excluding carboxylic acids is 1. The number of carbonyl (C=O) groups is 1. The van der Waals surface area contributed by atoms with E-state index in [9.17, 15) is 9.90 Å². The van der Waals surface area contributed by atoms with E-state index in [2.05, 4.69) is 34.9 Å². The molecule has 4 fully saturated rings. The highest BCUT2D eigenvalue weighted by Gasteiger charge is 2.75. The highest BCUT2D eigenvalue weighted by Crippen LogP contribution is 2.68. The predicted octanol–water partition coefficient (Wildman–Crippen LogP) is 1.64. The summed E-state index contributed by atoms with van der Waals surface area (Å²) in [4.78, 5) is 12.6. The Labute approximate surface area is 144 Å². The Hall–Kier alpha value is -0.650. The van der Waals surface area contributed by atoms with Gasteiger partial charge in [0.25, 0.3) is 0 Å². The number of esters is 1. The van der Waals surface area contributed by atoms with Gasteiger partial charge in [-0.3, -0.25) is 4.79 Å². The second-order valence-electron chi connectivity index (χ2n) is 9.58. The summed E-state index contributed by atoms with van der Waals surface area (Å²) in [5.74, 6) is 1.61. The standard InChI is InChI=1S/C19H32NO4/c1-10(2)13-14-11-6-7-12-17(20(4,5)8-9-21)24-16(19(11,12)3)15(13)23-18(14)22/h10-17,21H,6-9H2,1-5H3/q+1/t11-,12+,13-,14+,15+,16+,17-,19+/m0/s1. The number of quaternary nitrogens is 1. The third kappa shape index (κ3) is 1.89. The van der Waals surface area contributed by atoms with Crippen LogP contribution < -0.4 is 0 Å². The molecule has 2 aliphatic heterocycles. The molecule has 0 aromatic carbocycles. The third-order valence-corrected chi connectivity index (χ3v) is 7.82. The number of aliphatic hydroxyl groups excluding tert-OH is 1. The molecule has 136 valence electrons. The fraction of sp³-hybridized carbons (Fsp3) is 0.947. The lowest BCUT2D eigenvalue weighted by Gasteiger charge is -2.46. The zero-order valence-corrected chi connectivity index (χ0v) is 15.6. The van der Waals surface area contributed by atoms with Crippen molar-refractivity contribution in [2.45, 2.75) is 52.0 Å². The monoisotopic (exact) mass is 338 g/mol. The minimum absolute atomic E-state index is 0.00573. The Morgan fingerprint density at radius 3 is 2.58 bits per heavy atom. The molecule has 2 heterocycles. The molecule has 0 aromatic heterocycles. The minimum Gasteiger partial charge on any atom is -0.459 e. The van der Waals surface area contributed by atoms with Crippen LogP contribution in [0.3, 0.4) is 0 Å². The first kappa shape index (κ1) is 16.8. The zero-order valence-electron chi connectivity index (χ0n) is 15.6. The van der Waals surface area contributed by atoms with Crippen molar-refractivity contribution in [3.63, 3.8) is 0 Å². The zero-order chi connectivity index (χ0) is 17.4. The van der Waals surface area contributed by atoms with Crippen LogP contribution in [-0.4, -0.2) is 61.2 Å². The molecule has 4 aliphatic rings. The van der Waals surface area contributed by atoms with Crippen LogP contribution in [0.15, 0.2) is 0 Å². The average molecular weight is 338 g/mol. The number of aliphatic hydroxyl groups is 1. The fourth-order valence-electron chi connectivity index (χ4n) is 6.70. The van der Waals surface area contributed by atoms with Crippen LogP contribution in [0.5, 0.6) is 0 Å². The van der Waals surface area contributed by atoms with E-state index >= 15 is 0 Å². The normalized spacial score (nSPS) is 49.6. The summed E-state index contributed by atoms with van der Waals surface area (Å²) in [5.41, 5.74) is 0.0303. The number of hydrogen-bond acceptors (Lipinski definition) is 4. The van der Waals surface area contributed by atoms with E-state index in [4.69, 9.17) is 9.47 Å². The van der Waals surface area contributed by atoms with Gasteiger partial charge in [-0.1, -0.05) is 20.8 Å². The number of likely N-dealkylation sites (N-methyl/N-ethyl adjacent to an activating group) is 1. The van der Waals surface area contributed by atoms with Crippen molar-refractivity contribution in [2.75, 3.05) is 27.2 Å². The maximum atomic E-state index is 12.6. The van der Waals surface area contributed by atoms with Crippen LogP contribution in [-0.2, 0) is 14.3 Å². The Bertz CT molecular complexity index is 547. The molecule has 2 aliphatic carbocycles. The summed E-state index contributed by atoms with van der Waals surface area (Å²) < 4.78 is 13.2. The number of rotatable bonds is 4. The summed E-state index contributed by atoms with van der Waals surface area (Å²) in [6.45, 7) is 7.62. The number of fused-ring (bicyclic) bond motifs is 4. The van der Waals surface area contributed by atoms with E-state index in [0.717, 1.165) is 12.8 Å². The van der Waals surface area contributed by atoms with Gasteiger partial charge in [0.1, 0.15) is 18.8 Å². The van der Waals surface area contributed by atoms with Gasteiger partial charge in [0.05, 0.1) is 26.6 Å². The van der Waals surface area contributed by atoms with Gasteiger partial charge in [-0.15, -0.1) is 0 Å². The quantitative estimate of drug-likeness (QED) is 0.625. The van der Waals surface area contributed by atoms with Crippen LogP contribution in [0, 0.1) is 35.0 Å². The van der Waals surface area contributed by atoms with E-state index in [1.165, 1.54) is 0 Å². The largest absolute Gasteiger partial charge is 0.459 e. The molecule has 5 heteroatoms. The average Bonchev–Trinajstić information content (AvgIpc) is 3.06. The van der Waals surface area contributed by atoms with Gasteiger partial charge in [-0.05, 0) is 24.7 Å². The topological polar surface area (TPSA) is 55.8 Å². The van der Waals surface area contributed by atoms with Crippen molar-refractivity contribution in [1.29, 1.82) is 0 Å². The third-order valence-electron chi connectivity index (χ3n) is 7.82. The summed E-state index contributed by atoms with van der Waals surface area (Å²) in [6.07, 6.45) is 2.22. The molecule has 0 amide bonds. The van der Waals surface area contributed by atoms with Crippen LogP contribution in [0.4, 0.5) is 0 Å². The molecule has 2 saturated carbocycles. The van der Waals surface area contributed by atoms with Crippen LogP contribution >= 0.6 is 0 Å². The van der Waals surface area contributed by atoms with E-state index in [1.54, 1.807) is 0 Å². The molecular weight excluding hydrogens is 306 g/mol. The lowest BCUT2D eigenvalue weighted by Crippen LogP contribution is -2.54. The molecule has 0 radical (unpaired) electrons. The number of ether oxygens (including phenoxy) is 2. The molecule has 4 rings (SSSR count). The van der Waals surface area contributed by atoms with Crippen molar-refractivity contribution in [1.82, 2.24) is 0 Å². The Morgan fingerprint density at radius 1 is 1.29 bits per heavy atom. The maximum Gasteiger partial charge on any atom is 0.310 e. The lowest BCUT2D eigenvalue weighted by molar-refractivity contribution is -0.940. The van der Waals surface area contributed by atoms with E-state index in [-0.39, 0.29) is 48.3 Å². The molecular formula is C19H32NO4+. The van der Waals surface area contributed by atoms with E-state index in [0.29, 0.717) is 28.8 Å². The van der Waals surface area contributed by atoms with Crippen molar-refractivity contribution in [2.24, 2.45) is 35.0 Å². The van der Waals surface area contributed by atoms with Gasteiger partial charge in [0, 0.05) is 17.3 Å². The lowest BCUT2D eigenvalue weighted by atomic mass is 9.55. The minimum atomic E-state index is -0.0940. The summed E-state index contributed by atoms with van der Waals surface area (Å²) in [7, 11) is 4.30. The molecule has 0 unspecified atom stereocenters. The van der Waals surface area contributed by atoms with Crippen molar-refractivity contribution >= 4 is 5.97 Å². The molecule has 0 aromatic rings. The summed E-state index contributed by atoms with van der Waals surface area (Å²) in [5, 5.41) is 9.47. The second-order valence-corrected chi connectivity index (χ2v) is 9.58. The van der Waals surface area contributed by atoms with Crippen molar-refractivity contribution in [3.8, 4) is 0 Å². The molecule has 0 spiro atoms. The highest BCUT2D eigenvalue weighted by atomic mass is 16.6. The number of nitrogens with zero attached hydrogens (tertiary/aromatic N) is 1. The van der Waals surface area contributed by atoms with E-state index < -0.39 is 0 Å². The fourth-order valence-corrected chi connectivity index (χ4v) is 6.70. The first-order valence-corrected chi connectivity index (χ1v) is 9.53. The first-order chi connectivity index (χ1) is 11.2. The predicted molar refractivity (Wildman–Crippen MR) is 88.7 cm³/mol. The molecule has 5 nitrogen and oxygen atoms in total. The van der Waals surface area contributed by atoms with Gasteiger partial charge in [0.2, 0.25) is 0 Å². The SMILES string of the molecule is CC(C)[C@@H]1[C@H]2OC(=O)[C@@H]1[C@@H]1CC[C@@H]3[C@@H]([N+](C)(C)CCO)O[C@H]2[C@@]31C. The molecule has 8 atom stereocenters. The number of hydrogen-bond donors (Lipinski definition) is 1.